The number of nitrogens with zero attached hydrogens (tertiary/aromatic N) is 2. The maximum atomic E-state index is 6.26. The van der Waals surface area contributed by atoms with Crippen LogP contribution in [0.15, 0.2) is 87.8 Å². The average Bonchev–Trinajstić information content (AvgIpc) is 3.18. The van der Waals surface area contributed by atoms with E-state index in [-0.39, 0.29) is 6.04 Å². The second-order valence-corrected chi connectivity index (χ2v) is 7.24. The van der Waals surface area contributed by atoms with Gasteiger partial charge in [0.15, 0.2) is 0 Å². The highest BCUT2D eigenvalue weighted by Gasteiger charge is 2.22. The number of halogens is 2. The van der Waals surface area contributed by atoms with E-state index >= 15 is 0 Å². The summed E-state index contributed by atoms with van der Waals surface area (Å²) in [7, 11) is 0. The Morgan fingerprint density at radius 1 is 0.852 bits per heavy atom. The SMILES string of the molecule is Clc1ccccc1-c1nnc(C(Nc2ccc(Br)cc2)c2ccccc2)o1. The second-order valence-electron chi connectivity index (χ2n) is 5.92. The third-order valence-electron chi connectivity index (χ3n) is 4.08. The van der Waals surface area contributed by atoms with Crippen molar-refractivity contribution < 1.29 is 4.42 Å². The Kier molecular flexibility index (Phi) is 5.23. The molecule has 3 aromatic carbocycles. The summed E-state index contributed by atoms with van der Waals surface area (Å²) in [5, 5.41) is 12.5. The van der Waals surface area contributed by atoms with Gasteiger partial charge in [-0.1, -0.05) is 70.0 Å². The van der Waals surface area contributed by atoms with Gasteiger partial charge in [0.2, 0.25) is 11.8 Å². The predicted octanol–water partition coefficient (Wildman–Crippen LogP) is 6.35. The highest BCUT2D eigenvalue weighted by molar-refractivity contribution is 9.10. The number of nitrogens with one attached hydrogen (secondary N) is 1. The highest BCUT2D eigenvalue weighted by atomic mass is 79.9. The number of benzene rings is 3. The van der Waals surface area contributed by atoms with Gasteiger partial charge in [0.25, 0.3) is 0 Å². The summed E-state index contributed by atoms with van der Waals surface area (Å²) in [4.78, 5) is 0. The molecule has 0 aliphatic rings. The number of aromatic nitrogens is 2. The van der Waals surface area contributed by atoms with Gasteiger partial charge < -0.3 is 9.73 Å². The molecule has 1 atom stereocenters. The van der Waals surface area contributed by atoms with Gasteiger partial charge >= 0.3 is 0 Å². The lowest BCUT2D eigenvalue weighted by Gasteiger charge is -2.17. The summed E-state index contributed by atoms with van der Waals surface area (Å²) in [6.45, 7) is 0. The molecule has 0 saturated heterocycles. The van der Waals surface area contributed by atoms with Crippen LogP contribution in [-0.4, -0.2) is 10.2 Å². The van der Waals surface area contributed by atoms with Crippen molar-refractivity contribution >= 4 is 33.2 Å². The van der Waals surface area contributed by atoms with E-state index in [4.69, 9.17) is 16.0 Å². The molecular weight excluding hydrogens is 426 g/mol. The van der Waals surface area contributed by atoms with E-state index in [1.54, 1.807) is 6.07 Å². The molecule has 1 N–H and O–H groups in total. The second kappa shape index (κ2) is 7.94. The summed E-state index contributed by atoms with van der Waals surface area (Å²) < 4.78 is 7.00. The first kappa shape index (κ1) is 17.8. The standard InChI is InChI=1S/C21H15BrClN3O/c22-15-10-12-16(13-11-15)24-19(14-6-2-1-3-7-14)21-26-25-20(27-21)17-8-4-5-9-18(17)23/h1-13,19,24H. The van der Waals surface area contributed by atoms with Crippen molar-refractivity contribution in [3.63, 3.8) is 0 Å². The Morgan fingerprint density at radius 2 is 1.56 bits per heavy atom. The molecule has 4 aromatic rings. The molecule has 1 heterocycles. The molecule has 6 heteroatoms. The van der Waals surface area contributed by atoms with E-state index in [9.17, 15) is 0 Å². The van der Waals surface area contributed by atoms with Crippen molar-refractivity contribution in [1.29, 1.82) is 0 Å². The summed E-state index contributed by atoms with van der Waals surface area (Å²) in [6.07, 6.45) is 0. The monoisotopic (exact) mass is 439 g/mol. The van der Waals surface area contributed by atoms with Crippen LogP contribution in [-0.2, 0) is 0 Å². The first-order valence-corrected chi connectivity index (χ1v) is 9.53. The van der Waals surface area contributed by atoms with Crippen molar-refractivity contribution in [2.75, 3.05) is 5.32 Å². The fourth-order valence-electron chi connectivity index (χ4n) is 2.74. The Balaban J connectivity index is 1.71. The minimum Gasteiger partial charge on any atom is -0.418 e. The Hall–Kier alpha value is -2.63. The van der Waals surface area contributed by atoms with Crippen molar-refractivity contribution in [2.24, 2.45) is 0 Å². The lowest BCUT2D eigenvalue weighted by Crippen LogP contribution is -2.12. The van der Waals surface area contributed by atoms with Crippen LogP contribution in [0.4, 0.5) is 5.69 Å². The molecule has 1 aromatic heterocycles. The zero-order chi connectivity index (χ0) is 18.6. The largest absolute Gasteiger partial charge is 0.418 e. The van der Waals surface area contributed by atoms with Gasteiger partial charge in [0, 0.05) is 10.2 Å². The topological polar surface area (TPSA) is 51.0 Å². The van der Waals surface area contributed by atoms with Crippen LogP contribution >= 0.6 is 27.5 Å². The number of rotatable bonds is 5. The molecule has 0 bridgehead atoms. The number of hydrogen-bond acceptors (Lipinski definition) is 4. The van der Waals surface area contributed by atoms with E-state index < -0.39 is 0 Å². The van der Waals surface area contributed by atoms with Crippen LogP contribution in [0.3, 0.4) is 0 Å². The molecule has 27 heavy (non-hydrogen) atoms. The predicted molar refractivity (Wildman–Crippen MR) is 111 cm³/mol. The Labute approximate surface area is 170 Å². The number of hydrogen-bond donors (Lipinski definition) is 1. The summed E-state index contributed by atoms with van der Waals surface area (Å²) >= 11 is 9.72. The molecule has 0 fully saturated rings. The third-order valence-corrected chi connectivity index (χ3v) is 4.94. The summed E-state index contributed by atoms with van der Waals surface area (Å²) in [6, 6.07) is 25.1. The van der Waals surface area contributed by atoms with Gasteiger partial charge in [-0.05, 0) is 42.0 Å². The maximum Gasteiger partial charge on any atom is 0.249 e. The van der Waals surface area contributed by atoms with Crippen LogP contribution in [0.2, 0.25) is 5.02 Å². The van der Waals surface area contributed by atoms with Gasteiger partial charge in [-0.25, -0.2) is 0 Å². The zero-order valence-corrected chi connectivity index (χ0v) is 16.5. The summed E-state index contributed by atoms with van der Waals surface area (Å²) in [5.41, 5.74) is 2.69. The molecule has 0 radical (unpaired) electrons. The minimum atomic E-state index is -0.281. The average molecular weight is 441 g/mol. The van der Waals surface area contributed by atoms with Crippen molar-refractivity contribution in [3.8, 4) is 11.5 Å². The van der Waals surface area contributed by atoms with E-state index in [1.165, 1.54) is 0 Å². The lowest BCUT2D eigenvalue weighted by atomic mass is 10.1. The van der Waals surface area contributed by atoms with Crippen LogP contribution in [0, 0.1) is 0 Å². The molecular formula is C21H15BrClN3O. The first-order chi connectivity index (χ1) is 13.2. The summed E-state index contributed by atoms with van der Waals surface area (Å²) in [5.74, 6) is 0.869. The van der Waals surface area contributed by atoms with Crippen molar-refractivity contribution in [2.45, 2.75) is 6.04 Å². The smallest absolute Gasteiger partial charge is 0.249 e. The highest BCUT2D eigenvalue weighted by Crippen LogP contribution is 2.31. The molecule has 4 rings (SSSR count). The molecule has 134 valence electrons. The van der Waals surface area contributed by atoms with E-state index in [1.807, 2.05) is 72.8 Å². The van der Waals surface area contributed by atoms with Crippen molar-refractivity contribution in [3.05, 3.63) is 99.8 Å². The van der Waals surface area contributed by atoms with Gasteiger partial charge in [-0.15, -0.1) is 10.2 Å². The normalized spacial score (nSPS) is 11.9. The fraction of sp³-hybridized carbons (Fsp3) is 0.0476. The molecule has 0 aliphatic heterocycles. The first-order valence-electron chi connectivity index (χ1n) is 8.36. The van der Waals surface area contributed by atoms with Gasteiger partial charge in [-0.3, -0.25) is 0 Å². The van der Waals surface area contributed by atoms with E-state index in [0.29, 0.717) is 22.4 Å². The molecule has 0 saturated carbocycles. The van der Waals surface area contributed by atoms with Crippen LogP contribution < -0.4 is 5.32 Å². The zero-order valence-electron chi connectivity index (χ0n) is 14.1. The van der Waals surface area contributed by atoms with Gasteiger partial charge in [0.1, 0.15) is 6.04 Å². The molecule has 4 nitrogen and oxygen atoms in total. The van der Waals surface area contributed by atoms with Crippen LogP contribution in [0.25, 0.3) is 11.5 Å². The Bertz CT molecular complexity index is 1030. The van der Waals surface area contributed by atoms with E-state index in [0.717, 1.165) is 15.7 Å². The van der Waals surface area contributed by atoms with Crippen LogP contribution in [0.5, 0.6) is 0 Å². The Morgan fingerprint density at radius 3 is 2.30 bits per heavy atom. The van der Waals surface area contributed by atoms with E-state index in [2.05, 4.69) is 31.4 Å². The molecule has 0 amide bonds. The minimum absolute atomic E-state index is 0.281. The third kappa shape index (κ3) is 4.04. The molecule has 0 spiro atoms. The molecule has 1 unspecified atom stereocenters. The lowest BCUT2D eigenvalue weighted by molar-refractivity contribution is 0.494. The van der Waals surface area contributed by atoms with Crippen molar-refractivity contribution in [1.82, 2.24) is 10.2 Å². The quantitative estimate of drug-likeness (QED) is 0.392. The molecule has 0 aliphatic carbocycles. The number of anilines is 1. The van der Waals surface area contributed by atoms with Crippen LogP contribution in [0.1, 0.15) is 17.5 Å². The fourth-order valence-corrected chi connectivity index (χ4v) is 3.22. The van der Waals surface area contributed by atoms with Gasteiger partial charge in [0.05, 0.1) is 10.6 Å². The van der Waals surface area contributed by atoms with Gasteiger partial charge in [-0.2, -0.15) is 0 Å². The maximum absolute atomic E-state index is 6.26.